The Morgan fingerprint density at radius 1 is 1.20 bits per heavy atom. The van der Waals surface area contributed by atoms with Crippen LogP contribution in [0.2, 0.25) is 10.0 Å². The Morgan fingerprint density at radius 3 is 2.67 bits per heavy atom. The maximum atomic E-state index is 12.8. The highest BCUT2D eigenvalue weighted by Crippen LogP contribution is 2.30. The van der Waals surface area contributed by atoms with Gasteiger partial charge in [0.1, 0.15) is 0 Å². The molecule has 0 unspecified atom stereocenters. The number of aromatic nitrogens is 3. The van der Waals surface area contributed by atoms with Gasteiger partial charge in [0.25, 0.3) is 0 Å². The molecule has 158 valence electrons. The second kappa shape index (κ2) is 10.7. The number of rotatable bonds is 9. The molecule has 0 radical (unpaired) electrons. The number of thioether (sulfide) groups is 1. The van der Waals surface area contributed by atoms with Crippen LogP contribution in [0.25, 0.3) is 11.4 Å². The number of carbonyl (C=O) groups is 1. The molecule has 3 aromatic rings. The highest BCUT2D eigenvalue weighted by Gasteiger charge is 2.19. The number of amides is 1. The predicted octanol–water partition coefficient (Wildman–Crippen LogP) is 3.73. The minimum atomic E-state index is -0.0463. The first-order valence-corrected chi connectivity index (χ1v) is 10.8. The highest BCUT2D eigenvalue weighted by molar-refractivity contribution is 7.99. The fourth-order valence-electron chi connectivity index (χ4n) is 2.74. The molecule has 0 bridgehead atoms. The Balaban J connectivity index is 1.68. The zero-order valence-electron chi connectivity index (χ0n) is 16.3. The minimum Gasteiger partial charge on any atom is -0.383 e. The molecule has 0 saturated heterocycles. The van der Waals surface area contributed by atoms with Crippen LogP contribution in [-0.2, 0) is 16.1 Å². The van der Waals surface area contributed by atoms with E-state index in [1.54, 1.807) is 30.2 Å². The second-order valence-corrected chi connectivity index (χ2v) is 8.17. The van der Waals surface area contributed by atoms with Crippen LogP contribution in [0.15, 0.2) is 53.7 Å². The summed E-state index contributed by atoms with van der Waals surface area (Å²) >= 11 is 13.4. The number of halogens is 2. The van der Waals surface area contributed by atoms with E-state index in [4.69, 9.17) is 33.8 Å². The number of nitrogen functional groups attached to an aromatic ring is 1. The molecule has 0 saturated carbocycles. The molecule has 0 aliphatic carbocycles. The number of hydrogen-bond donors (Lipinski definition) is 1. The fraction of sp³-hybridized carbons (Fsp3) is 0.250. The van der Waals surface area contributed by atoms with Crippen molar-refractivity contribution in [2.24, 2.45) is 0 Å². The van der Waals surface area contributed by atoms with Crippen molar-refractivity contribution in [1.29, 1.82) is 0 Å². The van der Waals surface area contributed by atoms with E-state index in [2.05, 4.69) is 10.2 Å². The summed E-state index contributed by atoms with van der Waals surface area (Å²) in [6.07, 6.45) is 0. The summed E-state index contributed by atoms with van der Waals surface area (Å²) in [4.78, 5) is 14.6. The van der Waals surface area contributed by atoms with E-state index >= 15 is 0 Å². The van der Waals surface area contributed by atoms with Gasteiger partial charge in [-0.2, -0.15) is 0 Å². The molecule has 3 rings (SSSR count). The average molecular weight is 466 g/mol. The van der Waals surface area contributed by atoms with E-state index in [1.165, 1.54) is 16.4 Å². The molecule has 0 aliphatic heterocycles. The van der Waals surface area contributed by atoms with Crippen LogP contribution in [0.3, 0.4) is 0 Å². The molecule has 2 N–H and O–H groups in total. The smallest absolute Gasteiger partial charge is 0.233 e. The van der Waals surface area contributed by atoms with Gasteiger partial charge in [-0.3, -0.25) is 4.79 Å². The number of ether oxygens (including phenoxy) is 1. The molecule has 1 heterocycles. The Labute approximate surface area is 189 Å². The van der Waals surface area contributed by atoms with Crippen molar-refractivity contribution in [3.05, 3.63) is 64.1 Å². The fourth-order valence-corrected chi connectivity index (χ4v) is 4.00. The van der Waals surface area contributed by atoms with Crippen LogP contribution in [0, 0.1) is 0 Å². The number of nitrogens with zero attached hydrogens (tertiary/aromatic N) is 4. The molecule has 1 amide bonds. The molecule has 7 nitrogen and oxygen atoms in total. The number of hydrogen-bond acceptors (Lipinski definition) is 6. The molecular formula is C20H21Cl2N5O2S. The van der Waals surface area contributed by atoms with Gasteiger partial charge in [0.15, 0.2) is 5.82 Å². The number of benzene rings is 2. The van der Waals surface area contributed by atoms with Crippen molar-refractivity contribution in [3.8, 4) is 11.4 Å². The lowest BCUT2D eigenvalue weighted by Crippen LogP contribution is -2.34. The van der Waals surface area contributed by atoms with Crippen LogP contribution in [0.4, 0.5) is 0 Å². The quantitative estimate of drug-likeness (QED) is 0.382. The van der Waals surface area contributed by atoms with Gasteiger partial charge >= 0.3 is 0 Å². The lowest BCUT2D eigenvalue weighted by atomic mass is 10.2. The van der Waals surface area contributed by atoms with Gasteiger partial charge in [0.05, 0.1) is 17.4 Å². The summed E-state index contributed by atoms with van der Waals surface area (Å²) in [5.41, 5.74) is 1.66. The molecule has 10 heteroatoms. The lowest BCUT2D eigenvalue weighted by Gasteiger charge is -2.22. The van der Waals surface area contributed by atoms with Crippen molar-refractivity contribution in [2.75, 3.05) is 31.9 Å². The van der Waals surface area contributed by atoms with Gasteiger partial charge in [0.2, 0.25) is 11.1 Å². The van der Waals surface area contributed by atoms with E-state index in [0.29, 0.717) is 46.3 Å². The summed E-state index contributed by atoms with van der Waals surface area (Å²) in [6, 6.07) is 14.8. The van der Waals surface area contributed by atoms with Crippen molar-refractivity contribution in [1.82, 2.24) is 19.8 Å². The van der Waals surface area contributed by atoms with Crippen LogP contribution < -0.4 is 5.84 Å². The maximum Gasteiger partial charge on any atom is 0.233 e. The summed E-state index contributed by atoms with van der Waals surface area (Å²) in [5, 5.41) is 9.56. The second-order valence-electron chi connectivity index (χ2n) is 6.38. The van der Waals surface area contributed by atoms with E-state index < -0.39 is 0 Å². The lowest BCUT2D eigenvalue weighted by molar-refractivity contribution is -0.129. The number of methoxy groups -OCH3 is 1. The maximum absolute atomic E-state index is 12.8. The summed E-state index contributed by atoms with van der Waals surface area (Å²) in [6.45, 7) is 1.45. The predicted molar refractivity (Wildman–Crippen MR) is 120 cm³/mol. The first-order valence-electron chi connectivity index (χ1n) is 9.09. The Kier molecular flexibility index (Phi) is 7.98. The zero-order valence-corrected chi connectivity index (χ0v) is 18.6. The molecule has 30 heavy (non-hydrogen) atoms. The first kappa shape index (κ1) is 22.4. The van der Waals surface area contributed by atoms with Gasteiger partial charge in [-0.25, -0.2) is 4.68 Å². The normalized spacial score (nSPS) is 10.9. The third-order valence-corrected chi connectivity index (χ3v) is 5.77. The zero-order chi connectivity index (χ0) is 21.5. The Hall–Kier alpha value is -2.26. The number of carbonyl (C=O) groups excluding carboxylic acids is 1. The van der Waals surface area contributed by atoms with E-state index in [0.717, 1.165) is 5.56 Å². The van der Waals surface area contributed by atoms with Gasteiger partial charge in [-0.15, -0.1) is 10.2 Å². The highest BCUT2D eigenvalue weighted by atomic mass is 35.5. The van der Waals surface area contributed by atoms with Crippen molar-refractivity contribution >= 4 is 40.9 Å². The summed E-state index contributed by atoms with van der Waals surface area (Å²) in [5.74, 6) is 6.66. The molecule has 0 fully saturated rings. The third-order valence-electron chi connectivity index (χ3n) is 4.30. The topological polar surface area (TPSA) is 86.3 Å². The first-order chi connectivity index (χ1) is 14.5. The molecule has 0 spiro atoms. The van der Waals surface area contributed by atoms with Gasteiger partial charge in [0, 0.05) is 30.8 Å². The van der Waals surface area contributed by atoms with E-state index in [1.807, 2.05) is 30.3 Å². The summed E-state index contributed by atoms with van der Waals surface area (Å²) in [7, 11) is 1.61. The molecular weight excluding hydrogens is 445 g/mol. The van der Waals surface area contributed by atoms with Gasteiger partial charge < -0.3 is 15.5 Å². The van der Waals surface area contributed by atoms with Crippen LogP contribution in [-0.4, -0.2) is 51.7 Å². The Morgan fingerprint density at radius 2 is 1.97 bits per heavy atom. The molecule has 0 aliphatic rings. The van der Waals surface area contributed by atoms with E-state index in [9.17, 15) is 4.79 Å². The third kappa shape index (κ3) is 5.66. The summed E-state index contributed by atoms with van der Waals surface area (Å²) < 4.78 is 6.47. The van der Waals surface area contributed by atoms with Gasteiger partial charge in [-0.1, -0.05) is 65.3 Å². The standard InChI is InChI=1S/C20H21Cl2N5O2S/c1-29-10-9-26(12-14-5-3-2-4-6-14)18(28)13-30-20-25-24-19(27(20)23)16-8-7-15(21)11-17(16)22/h2-8,11H,9-10,12-13,23H2,1H3. The molecule has 2 aromatic carbocycles. The van der Waals surface area contributed by atoms with Crippen LogP contribution >= 0.6 is 35.0 Å². The Bertz CT molecular complexity index is 1000. The van der Waals surface area contributed by atoms with Crippen LogP contribution in [0.5, 0.6) is 0 Å². The van der Waals surface area contributed by atoms with Crippen molar-refractivity contribution < 1.29 is 9.53 Å². The molecule has 1 aromatic heterocycles. The SMILES string of the molecule is COCCN(Cc1ccccc1)C(=O)CSc1nnc(-c2ccc(Cl)cc2Cl)n1N. The van der Waals surface area contributed by atoms with Gasteiger partial charge in [-0.05, 0) is 23.8 Å². The van der Waals surface area contributed by atoms with Crippen LogP contribution in [0.1, 0.15) is 5.56 Å². The van der Waals surface area contributed by atoms with Crippen molar-refractivity contribution in [2.45, 2.75) is 11.7 Å². The average Bonchev–Trinajstić information content (AvgIpc) is 3.10. The van der Waals surface area contributed by atoms with E-state index in [-0.39, 0.29) is 11.7 Å². The molecule has 0 atom stereocenters. The largest absolute Gasteiger partial charge is 0.383 e. The monoisotopic (exact) mass is 465 g/mol. The minimum absolute atomic E-state index is 0.0463. The number of nitrogens with two attached hydrogens (primary N) is 1. The van der Waals surface area contributed by atoms with Crippen molar-refractivity contribution in [3.63, 3.8) is 0 Å².